The SMILES string of the molecule is CNC(C)Cc1ccc(F)c[13cH]1. The molecule has 1 aromatic rings. The molecule has 0 aliphatic rings. The Balaban J connectivity index is 2.58. The molecule has 0 fully saturated rings. The summed E-state index contributed by atoms with van der Waals surface area (Å²) in [5.74, 6) is -0.170. The summed E-state index contributed by atoms with van der Waals surface area (Å²) in [6.45, 7) is 2.10. The Morgan fingerprint density at radius 3 is 2.42 bits per heavy atom. The highest BCUT2D eigenvalue weighted by atomic mass is 19.1. The molecule has 0 amide bonds. The summed E-state index contributed by atoms with van der Waals surface area (Å²) >= 11 is 0. The molecule has 1 unspecified atom stereocenters. The zero-order valence-electron chi connectivity index (χ0n) is 7.47. The molecular weight excluding hydrogens is 154 g/mol. The molecule has 66 valence electrons. The van der Waals surface area contributed by atoms with Gasteiger partial charge in [0.05, 0.1) is 0 Å². The van der Waals surface area contributed by atoms with Gasteiger partial charge in [-0.1, -0.05) is 12.1 Å². The molecule has 1 atom stereocenters. The van der Waals surface area contributed by atoms with Crippen LogP contribution < -0.4 is 5.32 Å². The van der Waals surface area contributed by atoms with Crippen LogP contribution >= 0.6 is 0 Å². The number of halogens is 1. The Hall–Kier alpha value is -0.890. The van der Waals surface area contributed by atoms with Crippen LogP contribution in [0.15, 0.2) is 24.3 Å². The molecule has 0 aliphatic carbocycles. The lowest BCUT2D eigenvalue weighted by molar-refractivity contribution is 0.603. The fourth-order valence-corrected chi connectivity index (χ4v) is 1.08. The van der Waals surface area contributed by atoms with Crippen molar-refractivity contribution in [3.63, 3.8) is 0 Å². The molecule has 1 aromatic carbocycles. The van der Waals surface area contributed by atoms with Gasteiger partial charge >= 0.3 is 0 Å². The molecule has 0 aromatic heterocycles. The van der Waals surface area contributed by atoms with Crippen molar-refractivity contribution in [3.05, 3.63) is 35.6 Å². The fraction of sp³-hybridized carbons (Fsp3) is 0.400. The third kappa shape index (κ3) is 2.62. The summed E-state index contributed by atoms with van der Waals surface area (Å²) in [4.78, 5) is 0. The molecule has 0 saturated carbocycles. The summed E-state index contributed by atoms with van der Waals surface area (Å²) in [6.07, 6.45) is 0.941. The van der Waals surface area contributed by atoms with E-state index in [0.717, 1.165) is 6.42 Å². The minimum atomic E-state index is -0.170. The first-order valence-corrected chi connectivity index (χ1v) is 4.14. The van der Waals surface area contributed by atoms with Crippen LogP contribution in [-0.2, 0) is 6.42 Å². The molecule has 1 rings (SSSR count). The minimum Gasteiger partial charge on any atom is -0.317 e. The smallest absolute Gasteiger partial charge is 0.123 e. The number of benzene rings is 1. The van der Waals surface area contributed by atoms with Gasteiger partial charge in [0, 0.05) is 6.04 Å². The van der Waals surface area contributed by atoms with E-state index in [1.54, 1.807) is 0 Å². The van der Waals surface area contributed by atoms with E-state index in [1.807, 2.05) is 19.2 Å². The van der Waals surface area contributed by atoms with E-state index in [9.17, 15) is 4.39 Å². The largest absolute Gasteiger partial charge is 0.317 e. The van der Waals surface area contributed by atoms with Crippen molar-refractivity contribution in [2.75, 3.05) is 7.05 Å². The number of likely N-dealkylation sites (N-methyl/N-ethyl adjacent to an activating group) is 1. The Morgan fingerprint density at radius 1 is 1.33 bits per heavy atom. The van der Waals surface area contributed by atoms with Crippen molar-refractivity contribution in [2.24, 2.45) is 0 Å². The lowest BCUT2D eigenvalue weighted by atomic mass is 10.1. The fourth-order valence-electron chi connectivity index (χ4n) is 1.08. The molecule has 1 nitrogen and oxygen atoms in total. The number of hydrogen-bond donors (Lipinski definition) is 1. The van der Waals surface area contributed by atoms with Crippen LogP contribution in [0.4, 0.5) is 4.39 Å². The third-order valence-corrected chi connectivity index (χ3v) is 1.95. The van der Waals surface area contributed by atoms with E-state index < -0.39 is 0 Å². The van der Waals surface area contributed by atoms with Gasteiger partial charge < -0.3 is 5.32 Å². The second-order valence-electron chi connectivity index (χ2n) is 3.02. The molecule has 0 aliphatic heterocycles. The maximum atomic E-state index is 12.5. The first-order chi connectivity index (χ1) is 5.72. The maximum Gasteiger partial charge on any atom is 0.123 e. The Kier molecular flexibility index (Phi) is 3.23. The van der Waals surface area contributed by atoms with Crippen molar-refractivity contribution < 1.29 is 4.39 Å². The van der Waals surface area contributed by atoms with Crippen molar-refractivity contribution in [1.82, 2.24) is 5.32 Å². The molecule has 2 heteroatoms. The standard InChI is InChI=1S/C10H14FN/c1-8(12-2)7-9-3-5-10(11)6-4-9/h3-6,8,12H,7H2,1-2H3/i3+1. The van der Waals surface area contributed by atoms with Gasteiger partial charge in [0.25, 0.3) is 0 Å². The van der Waals surface area contributed by atoms with Crippen LogP contribution in [-0.4, -0.2) is 13.1 Å². The zero-order chi connectivity index (χ0) is 8.97. The lowest BCUT2D eigenvalue weighted by Crippen LogP contribution is -2.23. The average Bonchev–Trinajstić information content (AvgIpc) is 2.09. The molecule has 0 saturated heterocycles. The Labute approximate surface area is 72.6 Å². The van der Waals surface area contributed by atoms with E-state index >= 15 is 0 Å². The van der Waals surface area contributed by atoms with Crippen molar-refractivity contribution in [3.8, 4) is 0 Å². The molecule has 0 spiro atoms. The van der Waals surface area contributed by atoms with Crippen LogP contribution in [0, 0.1) is 5.82 Å². The topological polar surface area (TPSA) is 12.0 Å². The average molecular weight is 168 g/mol. The Bertz CT molecular complexity index is 230. The van der Waals surface area contributed by atoms with Crippen LogP contribution in [0.3, 0.4) is 0 Å². The quantitative estimate of drug-likeness (QED) is 0.727. The highest BCUT2D eigenvalue weighted by molar-refractivity contribution is 5.16. The zero-order valence-corrected chi connectivity index (χ0v) is 7.47. The van der Waals surface area contributed by atoms with Gasteiger partial charge in [0.1, 0.15) is 5.82 Å². The summed E-state index contributed by atoms with van der Waals surface area (Å²) in [5, 5.41) is 3.13. The second-order valence-corrected chi connectivity index (χ2v) is 3.02. The van der Waals surface area contributed by atoms with Gasteiger partial charge in [0.2, 0.25) is 0 Å². The van der Waals surface area contributed by atoms with Gasteiger partial charge in [0.15, 0.2) is 0 Å². The predicted molar refractivity (Wildman–Crippen MR) is 48.6 cm³/mol. The monoisotopic (exact) mass is 168 g/mol. The van der Waals surface area contributed by atoms with Gasteiger partial charge in [-0.2, -0.15) is 0 Å². The lowest BCUT2D eigenvalue weighted by Gasteiger charge is -2.09. The van der Waals surface area contributed by atoms with Crippen LogP contribution in [0.1, 0.15) is 12.5 Å². The minimum absolute atomic E-state index is 0.170. The van der Waals surface area contributed by atoms with Crippen LogP contribution in [0.2, 0.25) is 0 Å². The summed E-state index contributed by atoms with van der Waals surface area (Å²) in [7, 11) is 1.92. The Morgan fingerprint density at radius 2 is 1.92 bits per heavy atom. The molecule has 0 radical (unpaired) electrons. The second kappa shape index (κ2) is 4.21. The maximum absolute atomic E-state index is 12.5. The molecule has 0 bridgehead atoms. The summed E-state index contributed by atoms with van der Waals surface area (Å²) in [5.41, 5.74) is 1.17. The highest BCUT2D eigenvalue weighted by Crippen LogP contribution is 2.05. The first kappa shape index (κ1) is 9.20. The molecule has 1 N–H and O–H groups in total. The van der Waals surface area contributed by atoms with Crippen molar-refractivity contribution in [1.29, 1.82) is 0 Å². The molecular formula is C10H14FN. The van der Waals surface area contributed by atoms with Crippen molar-refractivity contribution in [2.45, 2.75) is 19.4 Å². The van der Waals surface area contributed by atoms with Gasteiger partial charge in [-0.05, 0) is 38.1 Å². The van der Waals surface area contributed by atoms with Crippen LogP contribution in [0.25, 0.3) is 0 Å². The number of hydrogen-bond acceptors (Lipinski definition) is 1. The van der Waals surface area contributed by atoms with E-state index in [2.05, 4.69) is 12.2 Å². The van der Waals surface area contributed by atoms with Gasteiger partial charge in [-0.15, -0.1) is 0 Å². The number of nitrogens with one attached hydrogen (secondary N) is 1. The van der Waals surface area contributed by atoms with E-state index in [1.165, 1.54) is 17.7 Å². The normalized spacial score (nSPS) is 12.9. The molecule has 12 heavy (non-hydrogen) atoms. The van der Waals surface area contributed by atoms with Crippen molar-refractivity contribution >= 4 is 0 Å². The highest BCUT2D eigenvalue weighted by Gasteiger charge is 1.99. The summed E-state index contributed by atoms with van der Waals surface area (Å²) < 4.78 is 12.5. The van der Waals surface area contributed by atoms with Gasteiger partial charge in [-0.25, -0.2) is 4.39 Å². The third-order valence-electron chi connectivity index (χ3n) is 1.95. The van der Waals surface area contributed by atoms with Crippen LogP contribution in [0.5, 0.6) is 0 Å². The number of rotatable bonds is 3. The predicted octanol–water partition coefficient (Wildman–Crippen LogP) is 1.98. The van der Waals surface area contributed by atoms with E-state index in [4.69, 9.17) is 0 Å². The van der Waals surface area contributed by atoms with Gasteiger partial charge in [-0.3, -0.25) is 0 Å². The van der Waals surface area contributed by atoms with E-state index in [0.29, 0.717) is 6.04 Å². The molecule has 0 heterocycles. The first-order valence-electron chi connectivity index (χ1n) is 4.14. The summed E-state index contributed by atoms with van der Waals surface area (Å²) in [6, 6.07) is 7.08. The van der Waals surface area contributed by atoms with E-state index in [-0.39, 0.29) is 5.82 Å².